The van der Waals surface area contributed by atoms with E-state index in [9.17, 15) is 18.4 Å². The number of nitrogens with zero attached hydrogens (tertiary/aromatic N) is 3. The highest BCUT2D eigenvalue weighted by atomic mass is 32.1. The Morgan fingerprint density at radius 1 is 1.28 bits per heavy atom. The summed E-state index contributed by atoms with van der Waals surface area (Å²) in [4.78, 5) is 36.3. The number of carbonyl (C=O) groups is 2. The molecule has 2 aromatic heterocycles. The molecule has 168 valence electrons. The summed E-state index contributed by atoms with van der Waals surface area (Å²) in [6.07, 6.45) is 2.89. The summed E-state index contributed by atoms with van der Waals surface area (Å²) < 4.78 is 34.7. The zero-order chi connectivity index (χ0) is 22.8. The van der Waals surface area contributed by atoms with Crippen LogP contribution in [0.4, 0.5) is 8.78 Å². The van der Waals surface area contributed by atoms with Crippen LogP contribution in [0.3, 0.4) is 0 Å². The third-order valence-electron chi connectivity index (χ3n) is 5.39. The molecule has 0 radical (unpaired) electrons. The lowest BCUT2D eigenvalue weighted by molar-refractivity contribution is -0.125. The van der Waals surface area contributed by atoms with Crippen molar-refractivity contribution < 1.29 is 23.1 Å². The summed E-state index contributed by atoms with van der Waals surface area (Å²) in [6.45, 7) is 3.27. The molecule has 0 spiro atoms. The summed E-state index contributed by atoms with van der Waals surface area (Å²) in [5, 5.41) is 2.70. The molecule has 4 rings (SSSR count). The Kier molecular flexibility index (Phi) is 6.43. The van der Waals surface area contributed by atoms with Gasteiger partial charge < -0.3 is 9.64 Å². The molecule has 0 unspecified atom stereocenters. The number of imide groups is 1. The highest BCUT2D eigenvalue weighted by molar-refractivity contribution is 7.18. The number of likely N-dealkylation sites (tertiary alicyclic amines) is 1. The summed E-state index contributed by atoms with van der Waals surface area (Å²) in [5.41, 5.74) is 0.830. The molecule has 1 aromatic carbocycles. The Balaban J connectivity index is 1.46. The van der Waals surface area contributed by atoms with Crippen molar-refractivity contribution in [3.63, 3.8) is 0 Å². The van der Waals surface area contributed by atoms with Gasteiger partial charge in [-0.15, -0.1) is 0 Å². The van der Waals surface area contributed by atoms with Crippen molar-refractivity contribution >= 4 is 33.5 Å². The second-order valence-corrected chi connectivity index (χ2v) is 8.93. The number of carbonyl (C=O) groups excluding carboxylic acids is 2. The third kappa shape index (κ3) is 4.76. The normalized spacial score (nSPS) is 15.1. The number of aryl methyl sites for hydroxylation is 1. The maximum Gasteiger partial charge on any atom is 0.263 e. The molecule has 1 aliphatic heterocycles. The smallest absolute Gasteiger partial charge is 0.263 e. The van der Waals surface area contributed by atoms with Crippen molar-refractivity contribution in [2.75, 3.05) is 20.1 Å². The summed E-state index contributed by atoms with van der Waals surface area (Å²) in [6, 6.07) is 3.93. The number of ether oxygens (including phenoxy) is 1. The fraction of sp³-hybridized carbons (Fsp3) is 0.364. The average molecular weight is 461 g/mol. The first-order valence-electron chi connectivity index (χ1n) is 10.2. The van der Waals surface area contributed by atoms with E-state index in [0.29, 0.717) is 23.4 Å². The Morgan fingerprint density at radius 3 is 2.78 bits per heavy atom. The largest absolute Gasteiger partial charge is 0.483 e. The van der Waals surface area contributed by atoms with Gasteiger partial charge in [0.25, 0.3) is 5.91 Å². The quantitative estimate of drug-likeness (QED) is 0.587. The Bertz CT molecular complexity index is 1180. The molecular weight excluding hydrogens is 438 g/mol. The van der Waals surface area contributed by atoms with Crippen LogP contribution in [0.1, 0.15) is 33.8 Å². The molecule has 0 bridgehead atoms. The second kappa shape index (κ2) is 9.25. The van der Waals surface area contributed by atoms with Crippen molar-refractivity contribution in [1.82, 2.24) is 20.2 Å². The molecule has 0 saturated carbocycles. The predicted molar refractivity (Wildman–Crippen MR) is 116 cm³/mol. The summed E-state index contributed by atoms with van der Waals surface area (Å²) >= 11 is 1.30. The van der Waals surface area contributed by atoms with E-state index in [2.05, 4.69) is 20.2 Å². The number of piperidine rings is 1. The minimum atomic E-state index is -1.16. The number of pyridine rings is 1. The molecule has 1 fully saturated rings. The van der Waals surface area contributed by atoms with Gasteiger partial charge >= 0.3 is 0 Å². The topological polar surface area (TPSA) is 84.4 Å². The highest BCUT2D eigenvalue weighted by Gasteiger charge is 2.28. The number of nitrogens with one attached hydrogen (secondary N) is 1. The number of rotatable bonds is 5. The maximum absolute atomic E-state index is 14.9. The van der Waals surface area contributed by atoms with Crippen molar-refractivity contribution in [2.24, 2.45) is 5.92 Å². The van der Waals surface area contributed by atoms with Gasteiger partial charge in [0.15, 0.2) is 11.6 Å². The van der Waals surface area contributed by atoms with Gasteiger partial charge in [-0.05, 0) is 63.7 Å². The minimum absolute atomic E-state index is 0.0712. The van der Waals surface area contributed by atoms with E-state index >= 15 is 0 Å². The lowest BCUT2D eigenvalue weighted by Crippen LogP contribution is -2.41. The van der Waals surface area contributed by atoms with Gasteiger partial charge in [0.2, 0.25) is 5.91 Å². The molecule has 1 N–H and O–H groups in total. The fourth-order valence-corrected chi connectivity index (χ4v) is 4.37. The van der Waals surface area contributed by atoms with Gasteiger partial charge in [0.05, 0.1) is 0 Å². The van der Waals surface area contributed by atoms with E-state index in [-0.39, 0.29) is 18.3 Å². The Hall–Kier alpha value is -2.98. The van der Waals surface area contributed by atoms with Crippen molar-refractivity contribution in [3.05, 3.63) is 52.2 Å². The third-order valence-corrected chi connectivity index (χ3v) is 6.34. The Morgan fingerprint density at radius 2 is 2.03 bits per heavy atom. The van der Waals surface area contributed by atoms with E-state index < -0.39 is 29.0 Å². The number of benzene rings is 1. The number of hydrogen-bond acceptors (Lipinski definition) is 7. The standard InChI is InChI=1S/C22H22F2N4O3S/c1-12-9-15-22(25-10-12)32-17(26-15)11-31-16-4-3-14(23)18(19(16)24)21(30)27-20(29)13-5-7-28(2)8-6-13/h3-4,9-10,13H,5-8,11H2,1-2H3,(H,27,29,30). The van der Waals surface area contributed by atoms with Crippen LogP contribution in [0.25, 0.3) is 10.3 Å². The van der Waals surface area contributed by atoms with Gasteiger partial charge in [-0.3, -0.25) is 14.9 Å². The van der Waals surface area contributed by atoms with Crippen LogP contribution in [-0.4, -0.2) is 46.8 Å². The van der Waals surface area contributed by atoms with Gasteiger partial charge in [-0.1, -0.05) is 11.3 Å². The number of hydrogen-bond donors (Lipinski definition) is 1. The highest BCUT2D eigenvalue weighted by Crippen LogP contribution is 2.26. The van der Waals surface area contributed by atoms with Gasteiger partial charge in [0.1, 0.15) is 33.3 Å². The number of fused-ring (bicyclic) bond motifs is 1. The molecule has 32 heavy (non-hydrogen) atoms. The maximum atomic E-state index is 14.9. The monoisotopic (exact) mass is 460 g/mol. The van der Waals surface area contributed by atoms with Crippen LogP contribution in [-0.2, 0) is 11.4 Å². The first-order chi connectivity index (χ1) is 15.3. The van der Waals surface area contributed by atoms with Crippen LogP contribution in [0.5, 0.6) is 5.75 Å². The first kappa shape index (κ1) is 22.2. The molecule has 1 saturated heterocycles. The molecular formula is C22H22F2N4O3S. The fourth-order valence-electron chi connectivity index (χ4n) is 3.57. The number of aromatic nitrogens is 2. The summed E-state index contributed by atoms with van der Waals surface area (Å²) in [7, 11) is 1.95. The zero-order valence-corrected chi connectivity index (χ0v) is 18.5. The van der Waals surface area contributed by atoms with Crippen LogP contribution in [0.2, 0.25) is 0 Å². The second-order valence-electron chi connectivity index (χ2n) is 7.86. The van der Waals surface area contributed by atoms with Crippen molar-refractivity contribution in [1.29, 1.82) is 0 Å². The summed E-state index contributed by atoms with van der Waals surface area (Å²) in [5.74, 6) is -4.53. The molecule has 0 aliphatic carbocycles. The van der Waals surface area contributed by atoms with Crippen molar-refractivity contribution in [2.45, 2.75) is 26.4 Å². The molecule has 10 heteroatoms. The van der Waals surface area contributed by atoms with Crippen LogP contribution >= 0.6 is 11.3 Å². The minimum Gasteiger partial charge on any atom is -0.483 e. The van der Waals surface area contributed by atoms with E-state index in [1.165, 1.54) is 11.3 Å². The van der Waals surface area contributed by atoms with E-state index in [0.717, 1.165) is 35.6 Å². The number of thiazole rings is 1. The van der Waals surface area contributed by atoms with Crippen molar-refractivity contribution in [3.8, 4) is 5.75 Å². The van der Waals surface area contributed by atoms with Gasteiger partial charge in [-0.25, -0.2) is 18.7 Å². The molecule has 2 amide bonds. The SMILES string of the molecule is Cc1cnc2sc(COc3ccc(F)c(C(=O)NC(=O)C4CCN(C)CC4)c3F)nc2c1. The van der Waals surface area contributed by atoms with E-state index in [1.54, 1.807) is 6.20 Å². The average Bonchev–Trinajstić information content (AvgIpc) is 3.15. The predicted octanol–water partition coefficient (Wildman–Crippen LogP) is 3.46. The van der Waals surface area contributed by atoms with Crippen LogP contribution in [0, 0.1) is 24.5 Å². The number of amides is 2. The van der Waals surface area contributed by atoms with E-state index in [1.807, 2.05) is 20.0 Å². The van der Waals surface area contributed by atoms with Crippen LogP contribution in [0.15, 0.2) is 24.4 Å². The van der Waals surface area contributed by atoms with Gasteiger partial charge in [-0.2, -0.15) is 0 Å². The molecule has 3 heterocycles. The van der Waals surface area contributed by atoms with Crippen LogP contribution < -0.4 is 10.1 Å². The lowest BCUT2D eigenvalue weighted by atomic mass is 9.96. The zero-order valence-electron chi connectivity index (χ0n) is 17.7. The lowest BCUT2D eigenvalue weighted by Gasteiger charge is -2.27. The molecule has 3 aromatic rings. The van der Waals surface area contributed by atoms with E-state index in [4.69, 9.17) is 4.74 Å². The van der Waals surface area contributed by atoms with Gasteiger partial charge in [0, 0.05) is 12.1 Å². The molecule has 0 atom stereocenters. The molecule has 1 aliphatic rings. The molecule has 7 nitrogen and oxygen atoms in total. The first-order valence-corrected chi connectivity index (χ1v) is 11.0. The number of halogens is 2. The Labute approximate surface area is 187 Å².